The molecule has 1 saturated heterocycles. The zero-order valence-corrected chi connectivity index (χ0v) is 9.68. The quantitative estimate of drug-likeness (QED) is 0.747. The van der Waals surface area contributed by atoms with Gasteiger partial charge in [0.15, 0.2) is 0 Å². The summed E-state index contributed by atoms with van der Waals surface area (Å²) in [7, 11) is 0. The minimum absolute atomic E-state index is 0.296. The summed E-state index contributed by atoms with van der Waals surface area (Å²) in [5, 5.41) is 9.64. The van der Waals surface area contributed by atoms with Gasteiger partial charge in [-0.3, -0.25) is 5.73 Å². The lowest BCUT2D eigenvalue weighted by molar-refractivity contribution is 0.0310. The van der Waals surface area contributed by atoms with Crippen molar-refractivity contribution in [2.75, 3.05) is 18.0 Å². The maximum absolute atomic E-state index is 9.64. The highest BCUT2D eigenvalue weighted by molar-refractivity contribution is 5.52. The van der Waals surface area contributed by atoms with Crippen LogP contribution in [-0.2, 0) is 0 Å². The highest BCUT2D eigenvalue weighted by Gasteiger charge is 2.36. The van der Waals surface area contributed by atoms with Gasteiger partial charge in [-0.1, -0.05) is 0 Å². The van der Waals surface area contributed by atoms with E-state index in [9.17, 15) is 5.11 Å². The number of ether oxygens (including phenoxy) is 1. The average molecular weight is 222 g/mol. The van der Waals surface area contributed by atoms with Crippen LogP contribution in [0, 0.1) is 0 Å². The Morgan fingerprint density at radius 2 is 1.94 bits per heavy atom. The van der Waals surface area contributed by atoms with Crippen LogP contribution in [-0.4, -0.2) is 30.0 Å². The predicted molar refractivity (Wildman–Crippen MR) is 63.6 cm³/mol. The second-order valence-corrected chi connectivity index (χ2v) is 4.67. The third-order valence-electron chi connectivity index (χ3n) is 2.59. The van der Waals surface area contributed by atoms with Crippen LogP contribution in [0.25, 0.3) is 0 Å². The summed E-state index contributed by atoms with van der Waals surface area (Å²) in [6, 6.07) is 7.75. The molecule has 16 heavy (non-hydrogen) atoms. The normalized spacial score (nSPS) is 20.1. The third kappa shape index (κ3) is 2.46. The van der Waals surface area contributed by atoms with Gasteiger partial charge in [-0.2, -0.15) is 0 Å². The summed E-state index contributed by atoms with van der Waals surface area (Å²) in [5.41, 5.74) is 6.09. The fourth-order valence-electron chi connectivity index (χ4n) is 1.91. The lowest BCUT2D eigenvalue weighted by Crippen LogP contribution is -2.60. The summed E-state index contributed by atoms with van der Waals surface area (Å²) < 4.78 is 5.35. The van der Waals surface area contributed by atoms with Gasteiger partial charge >= 0.3 is 0 Å². The molecule has 1 aromatic carbocycles. The highest BCUT2D eigenvalue weighted by Crippen LogP contribution is 2.28. The Labute approximate surface area is 95.6 Å². The molecule has 88 valence electrons. The van der Waals surface area contributed by atoms with Crippen molar-refractivity contribution in [3.05, 3.63) is 24.3 Å². The number of nitrogens with two attached hydrogens (primary N) is 1. The highest BCUT2D eigenvalue weighted by atomic mass is 16.5. The second kappa shape index (κ2) is 3.96. The lowest BCUT2D eigenvalue weighted by Gasteiger charge is -2.45. The van der Waals surface area contributed by atoms with Crippen LogP contribution in [0.3, 0.4) is 0 Å². The van der Waals surface area contributed by atoms with E-state index in [0.29, 0.717) is 13.1 Å². The van der Waals surface area contributed by atoms with E-state index in [0.717, 1.165) is 11.4 Å². The first-order chi connectivity index (χ1) is 7.46. The van der Waals surface area contributed by atoms with Crippen LogP contribution < -0.4 is 15.4 Å². The van der Waals surface area contributed by atoms with Crippen molar-refractivity contribution in [1.29, 1.82) is 0 Å². The number of benzene rings is 1. The van der Waals surface area contributed by atoms with E-state index >= 15 is 0 Å². The molecule has 0 bridgehead atoms. The zero-order chi connectivity index (χ0) is 11.8. The number of β-amino-alcohol motifs (C(OH)–C–C–N with tert-alkyl or cyclic N) is 1. The molecule has 3 N–H and O–H groups in total. The molecule has 4 heteroatoms. The SMILES string of the molecule is CC(N)Oc1ccc(N2CC(C)(O)C2)cc1. The van der Waals surface area contributed by atoms with E-state index in [-0.39, 0.29) is 6.23 Å². The molecule has 0 saturated carbocycles. The van der Waals surface area contributed by atoms with Gasteiger partial charge in [-0.25, -0.2) is 0 Å². The van der Waals surface area contributed by atoms with Gasteiger partial charge in [-0.15, -0.1) is 0 Å². The first-order valence-corrected chi connectivity index (χ1v) is 5.46. The van der Waals surface area contributed by atoms with E-state index < -0.39 is 5.60 Å². The molecule has 0 aromatic heterocycles. The van der Waals surface area contributed by atoms with Gasteiger partial charge in [0.25, 0.3) is 0 Å². The summed E-state index contributed by atoms with van der Waals surface area (Å²) in [4.78, 5) is 2.12. The molecule has 1 heterocycles. The molecule has 0 spiro atoms. The van der Waals surface area contributed by atoms with Crippen molar-refractivity contribution in [3.8, 4) is 5.75 Å². The number of aliphatic hydroxyl groups is 1. The number of nitrogens with zero attached hydrogens (tertiary/aromatic N) is 1. The van der Waals surface area contributed by atoms with Crippen molar-refractivity contribution >= 4 is 5.69 Å². The Morgan fingerprint density at radius 3 is 2.38 bits per heavy atom. The van der Waals surface area contributed by atoms with Gasteiger partial charge in [0.2, 0.25) is 0 Å². The summed E-state index contributed by atoms with van der Waals surface area (Å²) >= 11 is 0. The van der Waals surface area contributed by atoms with Gasteiger partial charge in [0.1, 0.15) is 12.0 Å². The number of anilines is 1. The molecule has 0 radical (unpaired) electrons. The fourth-order valence-corrected chi connectivity index (χ4v) is 1.91. The van der Waals surface area contributed by atoms with Crippen LogP contribution >= 0.6 is 0 Å². The van der Waals surface area contributed by atoms with E-state index in [2.05, 4.69) is 4.90 Å². The van der Waals surface area contributed by atoms with Gasteiger partial charge in [0, 0.05) is 18.8 Å². The van der Waals surface area contributed by atoms with Gasteiger partial charge < -0.3 is 14.7 Å². The smallest absolute Gasteiger partial charge is 0.144 e. The molecule has 1 atom stereocenters. The van der Waals surface area contributed by atoms with Crippen molar-refractivity contribution in [2.45, 2.75) is 25.7 Å². The molecule has 0 amide bonds. The molecule has 1 unspecified atom stereocenters. The zero-order valence-electron chi connectivity index (χ0n) is 9.68. The molecular weight excluding hydrogens is 204 g/mol. The summed E-state index contributed by atoms with van der Waals surface area (Å²) in [6.07, 6.45) is -0.296. The van der Waals surface area contributed by atoms with Crippen LogP contribution in [0.15, 0.2) is 24.3 Å². The molecular formula is C12H18N2O2. The standard InChI is InChI=1S/C12H18N2O2/c1-9(13)16-11-5-3-10(4-6-11)14-7-12(2,15)8-14/h3-6,9,15H,7-8,13H2,1-2H3. The lowest BCUT2D eigenvalue weighted by atomic mass is 9.96. The molecule has 1 fully saturated rings. The fraction of sp³-hybridized carbons (Fsp3) is 0.500. The Balaban J connectivity index is 1.98. The van der Waals surface area contributed by atoms with Crippen molar-refractivity contribution in [3.63, 3.8) is 0 Å². The largest absolute Gasteiger partial charge is 0.476 e. The molecule has 2 rings (SSSR count). The van der Waals surface area contributed by atoms with E-state index in [1.54, 1.807) is 6.92 Å². The maximum Gasteiger partial charge on any atom is 0.144 e. The number of hydrogen-bond donors (Lipinski definition) is 2. The van der Waals surface area contributed by atoms with Crippen LogP contribution in [0.4, 0.5) is 5.69 Å². The summed E-state index contributed by atoms with van der Waals surface area (Å²) in [6.45, 7) is 5.00. The molecule has 1 aliphatic heterocycles. The molecule has 1 aliphatic rings. The Morgan fingerprint density at radius 1 is 1.38 bits per heavy atom. The monoisotopic (exact) mass is 222 g/mol. The predicted octanol–water partition coefficient (Wildman–Crippen LogP) is 0.941. The number of hydrogen-bond acceptors (Lipinski definition) is 4. The van der Waals surface area contributed by atoms with E-state index in [1.807, 2.05) is 31.2 Å². The van der Waals surface area contributed by atoms with E-state index in [1.165, 1.54) is 0 Å². The molecule has 4 nitrogen and oxygen atoms in total. The van der Waals surface area contributed by atoms with Crippen molar-refractivity contribution in [1.82, 2.24) is 0 Å². The topological polar surface area (TPSA) is 58.7 Å². The average Bonchev–Trinajstić information content (AvgIpc) is 2.14. The third-order valence-corrected chi connectivity index (χ3v) is 2.59. The molecule has 1 aromatic rings. The van der Waals surface area contributed by atoms with Crippen LogP contribution in [0.2, 0.25) is 0 Å². The van der Waals surface area contributed by atoms with Gasteiger partial charge in [-0.05, 0) is 38.1 Å². The Bertz CT molecular complexity index is 352. The summed E-state index contributed by atoms with van der Waals surface area (Å²) in [5.74, 6) is 0.769. The Hall–Kier alpha value is -1.26. The minimum atomic E-state index is -0.541. The van der Waals surface area contributed by atoms with Gasteiger partial charge in [0.05, 0.1) is 5.60 Å². The first kappa shape index (κ1) is 11.2. The van der Waals surface area contributed by atoms with Crippen LogP contribution in [0.1, 0.15) is 13.8 Å². The van der Waals surface area contributed by atoms with Crippen molar-refractivity contribution < 1.29 is 9.84 Å². The molecule has 0 aliphatic carbocycles. The van der Waals surface area contributed by atoms with Crippen molar-refractivity contribution in [2.24, 2.45) is 5.73 Å². The minimum Gasteiger partial charge on any atom is -0.476 e. The second-order valence-electron chi connectivity index (χ2n) is 4.67. The van der Waals surface area contributed by atoms with Crippen LogP contribution in [0.5, 0.6) is 5.75 Å². The first-order valence-electron chi connectivity index (χ1n) is 5.46. The maximum atomic E-state index is 9.64. The van der Waals surface area contributed by atoms with E-state index in [4.69, 9.17) is 10.5 Å². The Kier molecular flexibility index (Phi) is 2.78. The number of rotatable bonds is 3.